The molecule has 2 aromatic heterocycles. The number of esters is 1. The van der Waals surface area contributed by atoms with Gasteiger partial charge in [0.15, 0.2) is 0 Å². The molecule has 2 heterocycles. The van der Waals surface area contributed by atoms with Crippen LogP contribution in [0.25, 0.3) is 0 Å². The van der Waals surface area contributed by atoms with E-state index in [2.05, 4.69) is 4.98 Å². The van der Waals surface area contributed by atoms with Gasteiger partial charge in [-0.3, -0.25) is 4.79 Å². The Morgan fingerprint density at radius 3 is 2.69 bits per heavy atom. The quantitative estimate of drug-likeness (QED) is 0.347. The first-order valence-corrected chi connectivity index (χ1v) is 9.98. The van der Waals surface area contributed by atoms with Gasteiger partial charge in [0, 0.05) is 18.7 Å². The molecule has 0 fully saturated rings. The van der Waals surface area contributed by atoms with E-state index in [0.29, 0.717) is 23.3 Å². The zero-order chi connectivity index (χ0) is 23.1. The van der Waals surface area contributed by atoms with Gasteiger partial charge in [-0.1, -0.05) is 17.7 Å². The van der Waals surface area contributed by atoms with Crippen LogP contribution in [-0.4, -0.2) is 17.6 Å². The van der Waals surface area contributed by atoms with E-state index in [1.54, 1.807) is 37.3 Å². The second-order valence-corrected chi connectivity index (χ2v) is 6.96. The Hall–Kier alpha value is -3.20. The van der Waals surface area contributed by atoms with Gasteiger partial charge in [0.25, 0.3) is 0 Å². The summed E-state index contributed by atoms with van der Waals surface area (Å²) >= 11 is 5.97. The van der Waals surface area contributed by atoms with Gasteiger partial charge in [-0.25, -0.2) is 4.98 Å². The van der Waals surface area contributed by atoms with Crippen LogP contribution in [0.4, 0.5) is 13.2 Å². The number of alkyl halides is 3. The Kier molecular flexibility index (Phi) is 7.63. The summed E-state index contributed by atoms with van der Waals surface area (Å²) < 4.78 is 60.2. The number of ether oxygens (including phenoxy) is 3. The molecule has 0 saturated carbocycles. The Balaban J connectivity index is 1.83. The summed E-state index contributed by atoms with van der Waals surface area (Å²) in [5.74, 6) is 0.661. The molecule has 0 atom stereocenters. The van der Waals surface area contributed by atoms with Gasteiger partial charge in [0.2, 0.25) is 5.88 Å². The second-order valence-electron chi connectivity index (χ2n) is 6.55. The minimum Gasteiger partial charge on any atom is -0.486 e. The van der Waals surface area contributed by atoms with Crippen LogP contribution < -0.4 is 9.47 Å². The van der Waals surface area contributed by atoms with Gasteiger partial charge in [0.1, 0.15) is 28.9 Å². The molecule has 6 nitrogen and oxygen atoms in total. The minimum atomic E-state index is -4.58. The number of pyridine rings is 1. The van der Waals surface area contributed by atoms with Gasteiger partial charge in [0.05, 0.1) is 18.4 Å². The maximum absolute atomic E-state index is 12.9. The average Bonchev–Trinajstić information content (AvgIpc) is 3.26. The molecule has 0 aliphatic heterocycles. The topological polar surface area (TPSA) is 70.8 Å². The summed E-state index contributed by atoms with van der Waals surface area (Å²) in [5, 5.41) is -0.307. The van der Waals surface area contributed by atoms with Crippen LogP contribution in [0.1, 0.15) is 30.2 Å². The molecule has 10 heteroatoms. The van der Waals surface area contributed by atoms with Crippen molar-refractivity contribution in [3.63, 3.8) is 0 Å². The van der Waals surface area contributed by atoms with Gasteiger partial charge >= 0.3 is 12.1 Å². The van der Waals surface area contributed by atoms with E-state index in [0.717, 1.165) is 6.07 Å². The fraction of sp³-hybridized carbons (Fsp3) is 0.273. The molecule has 170 valence electrons. The SMILES string of the molecule is CCOC(=O)CCc1ccc(OCc2ccco2)cc1Oc1ncc(C(F)(F)F)cc1Cl. The molecule has 3 rings (SSSR count). The van der Waals surface area contributed by atoms with Crippen LogP contribution in [0.3, 0.4) is 0 Å². The lowest BCUT2D eigenvalue weighted by atomic mass is 10.1. The van der Waals surface area contributed by atoms with E-state index in [1.165, 1.54) is 6.26 Å². The van der Waals surface area contributed by atoms with Gasteiger partial charge < -0.3 is 18.6 Å². The minimum absolute atomic E-state index is 0.0883. The summed E-state index contributed by atoms with van der Waals surface area (Å²) in [5.41, 5.74) is -0.394. The Morgan fingerprint density at radius 2 is 2.03 bits per heavy atom. The highest BCUT2D eigenvalue weighted by Gasteiger charge is 2.32. The molecule has 0 radical (unpaired) electrons. The van der Waals surface area contributed by atoms with Crippen molar-refractivity contribution >= 4 is 17.6 Å². The van der Waals surface area contributed by atoms with Gasteiger partial charge in [-0.05, 0) is 43.2 Å². The molecule has 32 heavy (non-hydrogen) atoms. The monoisotopic (exact) mass is 469 g/mol. The molecule has 0 bridgehead atoms. The number of hydrogen-bond acceptors (Lipinski definition) is 6. The molecule has 0 spiro atoms. The largest absolute Gasteiger partial charge is 0.486 e. The molecule has 0 aliphatic carbocycles. The van der Waals surface area contributed by atoms with Crippen molar-refractivity contribution in [3.8, 4) is 17.4 Å². The fourth-order valence-corrected chi connectivity index (χ4v) is 2.91. The first-order valence-electron chi connectivity index (χ1n) is 9.60. The molecule has 0 unspecified atom stereocenters. The smallest absolute Gasteiger partial charge is 0.417 e. The highest BCUT2D eigenvalue weighted by Crippen LogP contribution is 2.36. The van der Waals surface area contributed by atoms with Crippen LogP contribution in [0.5, 0.6) is 17.4 Å². The molecule has 0 saturated heterocycles. The van der Waals surface area contributed by atoms with Crippen molar-refractivity contribution in [1.29, 1.82) is 0 Å². The van der Waals surface area contributed by atoms with Crippen LogP contribution in [0.15, 0.2) is 53.3 Å². The molecule has 1 aromatic carbocycles. The standard InChI is InChI=1S/C22H19ClF3NO5/c1-2-29-20(28)8-6-14-5-7-16(31-13-17-4-3-9-30-17)11-19(14)32-21-18(23)10-15(12-27-21)22(24,25)26/h3-5,7,9-12H,2,6,8,13H2,1H3. The molecule has 0 N–H and O–H groups in total. The Bertz CT molecular complexity index is 1050. The Labute approximate surface area is 186 Å². The highest BCUT2D eigenvalue weighted by molar-refractivity contribution is 6.31. The lowest BCUT2D eigenvalue weighted by Crippen LogP contribution is -2.07. The lowest BCUT2D eigenvalue weighted by molar-refractivity contribution is -0.143. The van der Waals surface area contributed by atoms with Crippen molar-refractivity contribution in [2.45, 2.75) is 32.5 Å². The summed E-state index contributed by atoms with van der Waals surface area (Å²) in [7, 11) is 0. The normalized spacial score (nSPS) is 11.3. The van der Waals surface area contributed by atoms with E-state index in [4.69, 9.17) is 30.2 Å². The van der Waals surface area contributed by atoms with Crippen molar-refractivity contribution in [1.82, 2.24) is 4.98 Å². The molecule has 3 aromatic rings. The third kappa shape index (κ3) is 6.40. The lowest BCUT2D eigenvalue weighted by Gasteiger charge is -2.14. The van der Waals surface area contributed by atoms with Crippen LogP contribution >= 0.6 is 11.6 Å². The molecule has 0 aliphatic rings. The Morgan fingerprint density at radius 1 is 1.22 bits per heavy atom. The van der Waals surface area contributed by atoms with Crippen molar-refractivity contribution in [2.24, 2.45) is 0 Å². The van der Waals surface area contributed by atoms with Crippen molar-refractivity contribution in [2.75, 3.05) is 6.61 Å². The number of carbonyl (C=O) groups excluding carboxylic acids is 1. The summed E-state index contributed by atoms with van der Waals surface area (Å²) in [6.07, 6.45) is -2.07. The van der Waals surface area contributed by atoms with E-state index in [9.17, 15) is 18.0 Å². The summed E-state index contributed by atoms with van der Waals surface area (Å²) in [6.45, 7) is 2.12. The maximum Gasteiger partial charge on any atom is 0.417 e. The zero-order valence-electron chi connectivity index (χ0n) is 16.9. The summed E-state index contributed by atoms with van der Waals surface area (Å²) in [4.78, 5) is 15.4. The van der Waals surface area contributed by atoms with Crippen molar-refractivity contribution in [3.05, 3.63) is 70.8 Å². The number of rotatable bonds is 9. The number of hydrogen-bond donors (Lipinski definition) is 0. The molecular formula is C22H19ClF3NO5. The number of halogens is 4. The summed E-state index contributed by atoms with van der Waals surface area (Å²) in [6, 6.07) is 9.11. The highest BCUT2D eigenvalue weighted by atomic mass is 35.5. The van der Waals surface area contributed by atoms with Crippen molar-refractivity contribution < 1.29 is 36.6 Å². The fourth-order valence-electron chi connectivity index (χ4n) is 2.70. The number of nitrogens with zero attached hydrogens (tertiary/aromatic N) is 1. The van der Waals surface area contributed by atoms with E-state index < -0.39 is 11.7 Å². The zero-order valence-corrected chi connectivity index (χ0v) is 17.7. The average molecular weight is 470 g/mol. The van der Waals surface area contributed by atoms with E-state index in [-0.39, 0.29) is 48.7 Å². The number of aromatic nitrogens is 1. The predicted octanol–water partition coefficient (Wildman–Crippen LogP) is 6.21. The van der Waals surface area contributed by atoms with Crippen LogP contribution in [0, 0.1) is 0 Å². The molecule has 0 amide bonds. The first-order chi connectivity index (χ1) is 15.3. The predicted molar refractivity (Wildman–Crippen MR) is 109 cm³/mol. The van der Waals surface area contributed by atoms with Crippen LogP contribution in [0.2, 0.25) is 5.02 Å². The van der Waals surface area contributed by atoms with E-state index >= 15 is 0 Å². The number of aryl methyl sites for hydroxylation is 1. The number of carbonyl (C=O) groups is 1. The van der Waals surface area contributed by atoms with Crippen LogP contribution in [-0.2, 0) is 28.7 Å². The first kappa shape index (κ1) is 23.5. The van der Waals surface area contributed by atoms with Gasteiger partial charge in [-0.2, -0.15) is 13.2 Å². The second kappa shape index (κ2) is 10.4. The van der Waals surface area contributed by atoms with E-state index in [1.807, 2.05) is 0 Å². The number of furan rings is 1. The molecular weight excluding hydrogens is 451 g/mol. The van der Waals surface area contributed by atoms with Gasteiger partial charge in [-0.15, -0.1) is 0 Å². The maximum atomic E-state index is 12.9. The third-order valence-corrected chi connectivity index (χ3v) is 4.52. The third-order valence-electron chi connectivity index (χ3n) is 4.24. The number of benzene rings is 1.